The molecule has 188 valence electrons. The van der Waals surface area contributed by atoms with Gasteiger partial charge in [-0.1, -0.05) is 56.0 Å². The number of nitrogens with zero attached hydrogens (tertiary/aromatic N) is 3. The van der Waals surface area contributed by atoms with Crippen molar-refractivity contribution in [1.82, 2.24) is 19.7 Å². The molecule has 1 aromatic heterocycles. The quantitative estimate of drug-likeness (QED) is 0.645. The van der Waals surface area contributed by atoms with Crippen molar-refractivity contribution in [2.75, 3.05) is 39.4 Å². The normalized spacial score (nSPS) is 24.1. The number of rotatable bonds is 6. The van der Waals surface area contributed by atoms with E-state index in [0.29, 0.717) is 18.8 Å². The number of carbonyl (C=O) groups excluding carboxylic acids is 2. The highest BCUT2D eigenvalue weighted by Crippen LogP contribution is 2.33. The van der Waals surface area contributed by atoms with Crippen molar-refractivity contribution in [3.63, 3.8) is 0 Å². The molecule has 1 saturated heterocycles. The van der Waals surface area contributed by atoms with Gasteiger partial charge in [0.25, 0.3) is 5.91 Å². The predicted octanol–water partition coefficient (Wildman–Crippen LogP) is 3.54. The minimum absolute atomic E-state index is 0.0295. The van der Waals surface area contributed by atoms with Gasteiger partial charge in [-0.05, 0) is 37.5 Å². The first-order valence-corrected chi connectivity index (χ1v) is 13.2. The maximum Gasteiger partial charge on any atom is 0.271 e. The van der Waals surface area contributed by atoms with Crippen LogP contribution in [0.3, 0.4) is 0 Å². The molecular formula is C28H38N4O3. The van der Waals surface area contributed by atoms with E-state index in [2.05, 4.69) is 26.9 Å². The van der Waals surface area contributed by atoms with Crippen LogP contribution in [-0.4, -0.2) is 77.2 Å². The third-order valence-electron chi connectivity index (χ3n) is 8.00. The third kappa shape index (κ3) is 5.02. The minimum atomic E-state index is -0.953. The van der Waals surface area contributed by atoms with Crippen molar-refractivity contribution in [1.29, 1.82) is 0 Å². The molecular weight excluding hydrogens is 440 g/mol. The van der Waals surface area contributed by atoms with Crippen LogP contribution in [0.15, 0.2) is 42.5 Å². The minimum Gasteiger partial charge on any atom is -0.379 e. The lowest BCUT2D eigenvalue weighted by Crippen LogP contribution is -2.66. The lowest BCUT2D eigenvalue weighted by molar-refractivity contribution is -0.133. The number of fused-ring (bicyclic) bond motifs is 1. The number of morpholine rings is 1. The number of carbonyl (C=O) groups is 2. The second kappa shape index (κ2) is 10.5. The van der Waals surface area contributed by atoms with E-state index in [-0.39, 0.29) is 17.9 Å². The Morgan fingerprint density at radius 1 is 0.971 bits per heavy atom. The highest BCUT2D eigenvalue weighted by Gasteiger charge is 2.48. The Kier molecular flexibility index (Phi) is 7.25. The first kappa shape index (κ1) is 24.1. The Morgan fingerprint density at radius 2 is 1.66 bits per heavy atom. The third-order valence-corrected chi connectivity index (χ3v) is 8.00. The van der Waals surface area contributed by atoms with Crippen molar-refractivity contribution in [3.05, 3.63) is 48.2 Å². The van der Waals surface area contributed by atoms with Crippen molar-refractivity contribution in [2.45, 2.75) is 63.6 Å². The molecule has 7 nitrogen and oxygen atoms in total. The van der Waals surface area contributed by atoms with Gasteiger partial charge in [-0.15, -0.1) is 0 Å². The second-order valence-electron chi connectivity index (χ2n) is 10.4. The van der Waals surface area contributed by atoms with Crippen molar-refractivity contribution >= 4 is 11.8 Å². The van der Waals surface area contributed by atoms with Crippen molar-refractivity contribution < 1.29 is 14.3 Å². The number of hydrogen-bond acceptors (Lipinski definition) is 4. The van der Waals surface area contributed by atoms with E-state index in [1.54, 1.807) is 0 Å². The largest absolute Gasteiger partial charge is 0.379 e. The highest BCUT2D eigenvalue weighted by atomic mass is 16.5. The van der Waals surface area contributed by atoms with Gasteiger partial charge in [-0.25, -0.2) is 0 Å². The van der Waals surface area contributed by atoms with Crippen molar-refractivity contribution in [3.8, 4) is 11.3 Å². The van der Waals surface area contributed by atoms with E-state index in [1.807, 2.05) is 42.2 Å². The van der Waals surface area contributed by atoms with Gasteiger partial charge < -0.3 is 19.5 Å². The summed E-state index contributed by atoms with van der Waals surface area (Å²) in [7, 11) is 0. The number of hydrogen-bond donors (Lipinski definition) is 1. The van der Waals surface area contributed by atoms with E-state index in [4.69, 9.17) is 4.74 Å². The molecule has 2 fully saturated rings. The number of benzene rings is 1. The molecule has 3 aliphatic rings. The average Bonchev–Trinajstić information content (AvgIpc) is 3.13. The molecule has 35 heavy (non-hydrogen) atoms. The van der Waals surface area contributed by atoms with Crippen LogP contribution in [0.2, 0.25) is 0 Å². The summed E-state index contributed by atoms with van der Waals surface area (Å²) in [4.78, 5) is 32.0. The molecule has 5 rings (SSSR count). The van der Waals surface area contributed by atoms with E-state index in [0.717, 1.165) is 69.8 Å². The number of aromatic nitrogens is 1. The Hall–Kier alpha value is -2.64. The number of ether oxygens (including phenoxy) is 1. The second-order valence-corrected chi connectivity index (χ2v) is 10.4. The van der Waals surface area contributed by atoms with Crippen LogP contribution in [-0.2, 0) is 16.1 Å². The number of amides is 2. The van der Waals surface area contributed by atoms with Crippen molar-refractivity contribution in [2.24, 2.45) is 0 Å². The summed E-state index contributed by atoms with van der Waals surface area (Å²) in [6.07, 6.45) is 6.82. The first-order chi connectivity index (χ1) is 17.1. The SMILES string of the molecule is CC1(C(=O)NC2CCCCCC2)Cn2c(ccc2-c2ccccc2)C(=O)N1CCN1CCOCC1. The molecule has 7 heteroatoms. The molecule has 3 heterocycles. The van der Waals surface area contributed by atoms with E-state index >= 15 is 0 Å². The van der Waals surface area contributed by atoms with Gasteiger partial charge in [0, 0.05) is 37.9 Å². The summed E-state index contributed by atoms with van der Waals surface area (Å²) in [5, 5.41) is 3.36. The fourth-order valence-corrected chi connectivity index (χ4v) is 5.81. The Morgan fingerprint density at radius 3 is 2.37 bits per heavy atom. The van der Waals surface area contributed by atoms with Crippen LogP contribution in [0, 0.1) is 0 Å². The van der Waals surface area contributed by atoms with Gasteiger partial charge in [-0.3, -0.25) is 14.5 Å². The fourth-order valence-electron chi connectivity index (χ4n) is 5.81. The lowest BCUT2D eigenvalue weighted by Gasteiger charge is -2.45. The molecule has 0 radical (unpaired) electrons. The molecule has 1 N–H and O–H groups in total. The van der Waals surface area contributed by atoms with E-state index in [1.165, 1.54) is 12.8 Å². The van der Waals surface area contributed by atoms with Crippen LogP contribution < -0.4 is 5.32 Å². The Labute approximate surface area is 208 Å². The topological polar surface area (TPSA) is 66.8 Å². The molecule has 1 unspecified atom stereocenters. The predicted molar refractivity (Wildman–Crippen MR) is 136 cm³/mol. The van der Waals surface area contributed by atoms with Gasteiger partial charge in [0.1, 0.15) is 11.2 Å². The molecule has 2 aromatic rings. The molecule has 1 aromatic carbocycles. The van der Waals surface area contributed by atoms with Gasteiger partial charge >= 0.3 is 0 Å². The van der Waals surface area contributed by atoms with E-state index < -0.39 is 5.54 Å². The Bertz CT molecular complexity index is 1020. The lowest BCUT2D eigenvalue weighted by atomic mass is 9.93. The van der Waals surface area contributed by atoms with Gasteiger partial charge in [0.2, 0.25) is 5.91 Å². The molecule has 1 aliphatic carbocycles. The zero-order valence-corrected chi connectivity index (χ0v) is 20.9. The van der Waals surface area contributed by atoms with E-state index in [9.17, 15) is 9.59 Å². The van der Waals surface area contributed by atoms with Crippen LogP contribution in [0.4, 0.5) is 0 Å². The molecule has 1 atom stereocenters. The van der Waals surface area contributed by atoms with Crippen LogP contribution in [0.5, 0.6) is 0 Å². The van der Waals surface area contributed by atoms with Gasteiger partial charge in [0.15, 0.2) is 0 Å². The highest BCUT2D eigenvalue weighted by molar-refractivity contribution is 6.00. The summed E-state index contributed by atoms with van der Waals surface area (Å²) in [6, 6.07) is 14.2. The summed E-state index contributed by atoms with van der Waals surface area (Å²) >= 11 is 0. The molecule has 2 amide bonds. The zero-order valence-electron chi connectivity index (χ0n) is 20.9. The summed E-state index contributed by atoms with van der Waals surface area (Å²) in [6.45, 7) is 6.84. The van der Waals surface area contributed by atoms with Crippen LogP contribution in [0.1, 0.15) is 55.9 Å². The van der Waals surface area contributed by atoms with Crippen LogP contribution in [0.25, 0.3) is 11.3 Å². The standard InChI is InChI=1S/C28H38N4O3/c1-28(27(34)29-23-11-7-2-3-8-12-23)21-31-24(22-9-5-4-6-10-22)13-14-25(31)26(33)32(28)16-15-30-17-19-35-20-18-30/h4-6,9-10,13-14,23H,2-3,7-8,11-12,15-21H2,1H3,(H,29,34). The maximum atomic E-state index is 13.9. The number of nitrogens with one attached hydrogen (secondary N) is 1. The Balaban J connectivity index is 1.44. The van der Waals surface area contributed by atoms with Gasteiger partial charge in [0.05, 0.1) is 19.8 Å². The average molecular weight is 479 g/mol. The van der Waals surface area contributed by atoms with Crippen LogP contribution >= 0.6 is 0 Å². The summed E-state index contributed by atoms with van der Waals surface area (Å²) in [5.41, 5.74) is 1.74. The molecule has 0 spiro atoms. The van der Waals surface area contributed by atoms with Gasteiger partial charge in [-0.2, -0.15) is 0 Å². The molecule has 0 bridgehead atoms. The first-order valence-electron chi connectivity index (χ1n) is 13.2. The monoisotopic (exact) mass is 478 g/mol. The summed E-state index contributed by atoms with van der Waals surface area (Å²) < 4.78 is 7.54. The molecule has 1 saturated carbocycles. The zero-order chi connectivity index (χ0) is 24.3. The smallest absolute Gasteiger partial charge is 0.271 e. The summed E-state index contributed by atoms with van der Waals surface area (Å²) in [5.74, 6) is -0.0942. The maximum absolute atomic E-state index is 13.9. The molecule has 2 aliphatic heterocycles. The fraction of sp³-hybridized carbons (Fsp3) is 0.571.